The number of halogens is 1. The van der Waals surface area contributed by atoms with Gasteiger partial charge in [-0.25, -0.2) is 4.99 Å². The monoisotopic (exact) mass is 501 g/mol. The lowest BCUT2D eigenvalue weighted by molar-refractivity contribution is -0.130. The molecular weight excluding hydrogens is 469 g/mol. The molecule has 28 heavy (non-hydrogen) atoms. The number of benzene rings is 1. The Morgan fingerprint density at radius 1 is 1.25 bits per heavy atom. The van der Waals surface area contributed by atoms with Crippen molar-refractivity contribution in [3.63, 3.8) is 0 Å². The van der Waals surface area contributed by atoms with Crippen molar-refractivity contribution in [1.82, 2.24) is 20.4 Å². The molecule has 1 unspecified atom stereocenters. The predicted octanol–water partition coefficient (Wildman–Crippen LogP) is 1.48. The molecule has 0 aromatic heterocycles. The van der Waals surface area contributed by atoms with E-state index in [-0.39, 0.29) is 48.4 Å². The zero-order valence-corrected chi connectivity index (χ0v) is 19.3. The second-order valence-electron chi connectivity index (χ2n) is 6.94. The third kappa shape index (κ3) is 8.04. The van der Waals surface area contributed by atoms with Crippen molar-refractivity contribution in [3.05, 3.63) is 35.9 Å². The summed E-state index contributed by atoms with van der Waals surface area (Å²) in [6.07, 6.45) is 2.28. The van der Waals surface area contributed by atoms with E-state index in [1.165, 1.54) is 10.5 Å². The van der Waals surface area contributed by atoms with Crippen LogP contribution in [0.1, 0.15) is 25.3 Å². The number of nitrogens with zero attached hydrogens (tertiary/aromatic N) is 3. The largest absolute Gasteiger partial charge is 0.356 e. The van der Waals surface area contributed by atoms with E-state index in [0.717, 1.165) is 25.9 Å². The number of hydrogen-bond acceptors (Lipinski definition) is 3. The van der Waals surface area contributed by atoms with E-state index in [0.29, 0.717) is 18.9 Å². The molecule has 156 valence electrons. The fourth-order valence-corrected chi connectivity index (χ4v) is 2.93. The molecule has 1 saturated heterocycles. The fourth-order valence-electron chi connectivity index (χ4n) is 2.93. The maximum atomic E-state index is 11.9. The minimum atomic E-state index is -0.0478. The molecule has 2 rings (SSSR count). The molecule has 1 atom stereocenters. The van der Waals surface area contributed by atoms with E-state index in [2.05, 4.69) is 27.8 Å². The third-order valence-corrected chi connectivity index (χ3v) is 4.60. The van der Waals surface area contributed by atoms with Crippen LogP contribution in [0, 0.1) is 0 Å². The molecule has 1 aromatic rings. The summed E-state index contributed by atoms with van der Waals surface area (Å²) in [6.45, 7) is 4.13. The Morgan fingerprint density at radius 2 is 1.96 bits per heavy atom. The molecule has 8 heteroatoms. The number of likely N-dealkylation sites (N-methyl/N-ethyl adjacent to an activating group) is 1. The molecule has 0 saturated carbocycles. The highest BCUT2D eigenvalue weighted by atomic mass is 127. The summed E-state index contributed by atoms with van der Waals surface area (Å²) in [5.74, 6) is 0.753. The van der Waals surface area contributed by atoms with Gasteiger partial charge < -0.3 is 20.4 Å². The lowest BCUT2D eigenvalue weighted by Crippen LogP contribution is -2.46. The lowest BCUT2D eigenvalue weighted by Gasteiger charge is -2.19. The first-order valence-electron chi connectivity index (χ1n) is 9.56. The topological polar surface area (TPSA) is 77.0 Å². The molecule has 1 aromatic carbocycles. The Labute approximate surface area is 185 Å². The number of carbonyl (C=O) groups is 2. The molecule has 1 heterocycles. The summed E-state index contributed by atoms with van der Waals surface area (Å²) < 4.78 is 0. The van der Waals surface area contributed by atoms with Crippen LogP contribution in [0.25, 0.3) is 0 Å². The number of likely N-dealkylation sites (tertiary alicyclic amines) is 1. The molecule has 2 amide bonds. The van der Waals surface area contributed by atoms with Crippen LogP contribution in [-0.2, 0) is 16.0 Å². The third-order valence-electron chi connectivity index (χ3n) is 4.60. The van der Waals surface area contributed by atoms with Crippen molar-refractivity contribution >= 4 is 41.8 Å². The van der Waals surface area contributed by atoms with Crippen LogP contribution in [0.15, 0.2) is 35.3 Å². The van der Waals surface area contributed by atoms with Gasteiger partial charge in [0.2, 0.25) is 11.8 Å². The normalized spacial score (nSPS) is 16.3. The average Bonchev–Trinajstić information content (AvgIpc) is 3.14. The highest BCUT2D eigenvalue weighted by molar-refractivity contribution is 14.0. The number of nitrogens with one attached hydrogen (secondary N) is 2. The van der Waals surface area contributed by atoms with Crippen LogP contribution in [0.4, 0.5) is 0 Å². The highest BCUT2D eigenvalue weighted by Crippen LogP contribution is 2.10. The first-order chi connectivity index (χ1) is 13.0. The molecule has 1 aliphatic heterocycles. The SMILES string of the molecule is CCC(=O)N1CCC(NC(=NCC(=O)N(C)C)NCCc2ccccc2)C1.I. The van der Waals surface area contributed by atoms with E-state index < -0.39 is 0 Å². The molecule has 0 spiro atoms. The molecule has 1 fully saturated rings. The number of aliphatic imine (C=N–C) groups is 1. The quantitative estimate of drug-likeness (QED) is 0.337. The second kappa shape index (κ2) is 12.6. The van der Waals surface area contributed by atoms with Crippen LogP contribution in [0.5, 0.6) is 0 Å². The number of rotatable bonds is 7. The molecule has 7 nitrogen and oxygen atoms in total. The van der Waals surface area contributed by atoms with Crippen LogP contribution in [0.3, 0.4) is 0 Å². The summed E-state index contributed by atoms with van der Waals surface area (Å²) >= 11 is 0. The Balaban J connectivity index is 0.00000392. The number of hydrogen-bond donors (Lipinski definition) is 2. The van der Waals surface area contributed by atoms with Gasteiger partial charge in [0.25, 0.3) is 0 Å². The van der Waals surface area contributed by atoms with Crippen molar-refractivity contribution in [2.75, 3.05) is 40.3 Å². The van der Waals surface area contributed by atoms with Crippen LogP contribution in [-0.4, -0.2) is 73.9 Å². The first kappa shape index (κ1) is 24.2. The van der Waals surface area contributed by atoms with Crippen molar-refractivity contribution in [2.45, 2.75) is 32.2 Å². The maximum Gasteiger partial charge on any atom is 0.243 e. The van der Waals surface area contributed by atoms with Gasteiger partial charge in [0.1, 0.15) is 6.54 Å². The van der Waals surface area contributed by atoms with Crippen LogP contribution < -0.4 is 10.6 Å². The summed E-state index contributed by atoms with van der Waals surface area (Å²) in [5, 5.41) is 6.69. The zero-order chi connectivity index (χ0) is 19.6. The summed E-state index contributed by atoms with van der Waals surface area (Å²) in [4.78, 5) is 31.6. The minimum Gasteiger partial charge on any atom is -0.356 e. The van der Waals surface area contributed by atoms with Gasteiger partial charge in [-0.15, -0.1) is 24.0 Å². The van der Waals surface area contributed by atoms with Crippen LogP contribution >= 0.6 is 24.0 Å². The standard InChI is InChI=1S/C20H31N5O2.HI/c1-4-18(26)25-13-11-17(15-25)23-20(22-14-19(27)24(2)3)21-12-10-16-8-6-5-7-9-16;/h5-9,17H,4,10-15H2,1-3H3,(H2,21,22,23);1H. The van der Waals surface area contributed by atoms with Gasteiger partial charge in [0, 0.05) is 46.2 Å². The minimum absolute atomic E-state index is 0. The summed E-state index contributed by atoms with van der Waals surface area (Å²) in [7, 11) is 3.44. The van der Waals surface area contributed by atoms with E-state index in [1.54, 1.807) is 14.1 Å². The van der Waals surface area contributed by atoms with Gasteiger partial charge >= 0.3 is 0 Å². The Kier molecular flexibility index (Phi) is 10.9. The smallest absolute Gasteiger partial charge is 0.243 e. The van der Waals surface area contributed by atoms with Gasteiger partial charge in [0.15, 0.2) is 5.96 Å². The summed E-state index contributed by atoms with van der Waals surface area (Å²) in [5.41, 5.74) is 1.24. The van der Waals surface area contributed by atoms with Crippen molar-refractivity contribution < 1.29 is 9.59 Å². The molecule has 0 radical (unpaired) electrons. The van der Waals surface area contributed by atoms with Gasteiger partial charge in [-0.1, -0.05) is 37.3 Å². The fraction of sp³-hybridized carbons (Fsp3) is 0.550. The molecule has 2 N–H and O–H groups in total. The van der Waals surface area contributed by atoms with E-state index in [1.807, 2.05) is 30.0 Å². The number of guanidine groups is 1. The van der Waals surface area contributed by atoms with Crippen molar-refractivity contribution in [1.29, 1.82) is 0 Å². The van der Waals surface area contributed by atoms with Gasteiger partial charge in [-0.3, -0.25) is 9.59 Å². The first-order valence-corrected chi connectivity index (χ1v) is 9.56. The van der Waals surface area contributed by atoms with Gasteiger partial charge in [0.05, 0.1) is 0 Å². The van der Waals surface area contributed by atoms with Crippen molar-refractivity contribution in [2.24, 2.45) is 4.99 Å². The van der Waals surface area contributed by atoms with E-state index in [9.17, 15) is 9.59 Å². The Morgan fingerprint density at radius 3 is 2.61 bits per heavy atom. The maximum absolute atomic E-state index is 11.9. The molecular formula is C20H32IN5O2. The van der Waals surface area contributed by atoms with Crippen molar-refractivity contribution in [3.8, 4) is 0 Å². The Hall–Kier alpha value is -1.84. The van der Waals surface area contributed by atoms with E-state index >= 15 is 0 Å². The lowest BCUT2D eigenvalue weighted by atomic mass is 10.1. The molecule has 1 aliphatic rings. The average molecular weight is 501 g/mol. The zero-order valence-electron chi connectivity index (χ0n) is 17.0. The molecule has 0 bridgehead atoms. The number of carbonyl (C=O) groups excluding carboxylic acids is 2. The highest BCUT2D eigenvalue weighted by Gasteiger charge is 2.25. The number of amides is 2. The molecule has 0 aliphatic carbocycles. The van der Waals surface area contributed by atoms with Crippen LogP contribution in [0.2, 0.25) is 0 Å². The predicted molar refractivity (Wildman–Crippen MR) is 123 cm³/mol. The second-order valence-corrected chi connectivity index (χ2v) is 6.94. The Bertz CT molecular complexity index is 651. The van der Waals surface area contributed by atoms with E-state index in [4.69, 9.17) is 0 Å². The van der Waals surface area contributed by atoms with Gasteiger partial charge in [-0.05, 0) is 18.4 Å². The van der Waals surface area contributed by atoms with Gasteiger partial charge in [-0.2, -0.15) is 0 Å². The summed E-state index contributed by atoms with van der Waals surface area (Å²) in [6, 6.07) is 10.4.